The van der Waals surface area contributed by atoms with Crippen LogP contribution in [0.25, 0.3) is 0 Å². The Hall–Kier alpha value is -0.650. The third-order valence-electron chi connectivity index (χ3n) is 4.22. The lowest BCUT2D eigenvalue weighted by Crippen LogP contribution is -2.49. The molecule has 2 rings (SSSR count). The topological polar surface area (TPSA) is 44.8 Å². The van der Waals surface area contributed by atoms with Crippen molar-refractivity contribution >= 4 is 5.97 Å². The van der Waals surface area contributed by atoms with E-state index in [2.05, 4.69) is 29.0 Å². The Labute approximate surface area is 122 Å². The number of carbonyl (C=O) groups excluding carboxylic acids is 1. The van der Waals surface area contributed by atoms with Gasteiger partial charge in [-0.1, -0.05) is 13.8 Å². The van der Waals surface area contributed by atoms with Gasteiger partial charge in [-0.25, -0.2) is 0 Å². The van der Waals surface area contributed by atoms with Gasteiger partial charge in [-0.05, 0) is 19.3 Å². The zero-order valence-corrected chi connectivity index (χ0v) is 13.1. The van der Waals surface area contributed by atoms with E-state index >= 15 is 0 Å². The number of carbonyl (C=O) groups is 1. The van der Waals surface area contributed by atoms with E-state index in [0.717, 1.165) is 32.1 Å². The van der Waals surface area contributed by atoms with Crippen LogP contribution in [-0.2, 0) is 9.53 Å². The summed E-state index contributed by atoms with van der Waals surface area (Å²) in [5, 5.41) is 3.30. The Bertz CT molecular complexity index is 310. The van der Waals surface area contributed by atoms with Crippen LogP contribution in [-0.4, -0.2) is 73.7 Å². The number of methoxy groups -OCH3 is 1. The van der Waals surface area contributed by atoms with Crippen LogP contribution in [0.2, 0.25) is 0 Å². The zero-order chi connectivity index (χ0) is 14.5. The highest BCUT2D eigenvalue weighted by Gasteiger charge is 2.31. The summed E-state index contributed by atoms with van der Waals surface area (Å²) >= 11 is 0. The van der Waals surface area contributed by atoms with Gasteiger partial charge in [0.05, 0.1) is 7.11 Å². The molecular weight excluding hydrogens is 254 g/mol. The standard InChI is InChI=1S/C15H29N3O2/c1-12(2)16-14(15(19)20-3)6-7-17-8-10-18(11-9-17)13-4-5-13/h12-14,16H,4-11H2,1-3H3. The van der Waals surface area contributed by atoms with Crippen molar-refractivity contribution in [1.29, 1.82) is 0 Å². The Kier molecular flexibility index (Phi) is 5.81. The molecule has 0 amide bonds. The first-order valence-electron chi connectivity index (χ1n) is 7.90. The maximum Gasteiger partial charge on any atom is 0.322 e. The molecule has 1 saturated heterocycles. The average molecular weight is 283 g/mol. The smallest absolute Gasteiger partial charge is 0.322 e. The lowest BCUT2D eigenvalue weighted by Gasteiger charge is -2.35. The van der Waals surface area contributed by atoms with E-state index in [4.69, 9.17) is 4.74 Å². The minimum absolute atomic E-state index is 0.143. The third-order valence-corrected chi connectivity index (χ3v) is 4.22. The highest BCUT2D eigenvalue weighted by molar-refractivity contribution is 5.75. The van der Waals surface area contributed by atoms with Crippen molar-refractivity contribution in [3.05, 3.63) is 0 Å². The molecule has 1 unspecified atom stereocenters. The first-order valence-corrected chi connectivity index (χ1v) is 7.90. The molecule has 0 spiro atoms. The average Bonchev–Trinajstić information content (AvgIpc) is 3.27. The van der Waals surface area contributed by atoms with E-state index in [9.17, 15) is 4.79 Å². The van der Waals surface area contributed by atoms with Crippen molar-refractivity contribution in [2.75, 3.05) is 39.8 Å². The first-order chi connectivity index (χ1) is 9.60. The van der Waals surface area contributed by atoms with Crippen molar-refractivity contribution in [2.45, 2.75) is 51.2 Å². The molecule has 5 heteroatoms. The van der Waals surface area contributed by atoms with Gasteiger partial charge in [-0.3, -0.25) is 9.69 Å². The molecule has 1 atom stereocenters. The molecular formula is C15H29N3O2. The second-order valence-corrected chi connectivity index (χ2v) is 6.29. The number of esters is 1. The van der Waals surface area contributed by atoms with Gasteiger partial charge in [0, 0.05) is 44.8 Å². The summed E-state index contributed by atoms with van der Waals surface area (Å²) in [7, 11) is 1.46. The second-order valence-electron chi connectivity index (χ2n) is 6.29. The number of rotatable bonds is 7. The first kappa shape index (κ1) is 15.7. The summed E-state index contributed by atoms with van der Waals surface area (Å²) in [6.45, 7) is 9.72. The fourth-order valence-corrected chi connectivity index (χ4v) is 2.92. The Morgan fingerprint density at radius 1 is 1.25 bits per heavy atom. The molecule has 0 radical (unpaired) electrons. The van der Waals surface area contributed by atoms with Crippen LogP contribution in [0.1, 0.15) is 33.1 Å². The number of nitrogens with zero attached hydrogens (tertiary/aromatic N) is 2. The quantitative estimate of drug-likeness (QED) is 0.697. The monoisotopic (exact) mass is 283 g/mol. The predicted molar refractivity (Wildman–Crippen MR) is 79.7 cm³/mol. The predicted octanol–water partition coefficient (Wildman–Crippen LogP) is 0.696. The van der Waals surface area contributed by atoms with Gasteiger partial charge in [0.2, 0.25) is 0 Å². The Balaban J connectivity index is 1.70. The Morgan fingerprint density at radius 2 is 1.90 bits per heavy atom. The molecule has 1 saturated carbocycles. The van der Waals surface area contributed by atoms with Crippen molar-refractivity contribution in [2.24, 2.45) is 0 Å². The maximum absolute atomic E-state index is 11.8. The van der Waals surface area contributed by atoms with Crippen LogP contribution in [0, 0.1) is 0 Å². The van der Waals surface area contributed by atoms with Crippen LogP contribution < -0.4 is 5.32 Å². The summed E-state index contributed by atoms with van der Waals surface area (Å²) in [5.41, 5.74) is 0. The number of nitrogens with one attached hydrogen (secondary N) is 1. The largest absolute Gasteiger partial charge is 0.468 e. The molecule has 1 aliphatic heterocycles. The molecule has 0 aromatic rings. The van der Waals surface area contributed by atoms with Crippen LogP contribution in [0.15, 0.2) is 0 Å². The van der Waals surface area contributed by atoms with Crippen LogP contribution in [0.5, 0.6) is 0 Å². The molecule has 0 aromatic carbocycles. The van der Waals surface area contributed by atoms with Gasteiger partial charge in [0.25, 0.3) is 0 Å². The number of hydrogen-bond acceptors (Lipinski definition) is 5. The summed E-state index contributed by atoms with van der Waals surface area (Å²) in [4.78, 5) is 16.8. The third kappa shape index (κ3) is 4.72. The van der Waals surface area contributed by atoms with Crippen molar-refractivity contribution < 1.29 is 9.53 Å². The van der Waals surface area contributed by atoms with Crippen molar-refractivity contribution in [1.82, 2.24) is 15.1 Å². The van der Waals surface area contributed by atoms with Gasteiger partial charge in [0.15, 0.2) is 0 Å². The summed E-state index contributed by atoms with van der Waals surface area (Å²) < 4.78 is 4.88. The SMILES string of the molecule is COC(=O)C(CCN1CCN(C2CC2)CC1)NC(C)C. The van der Waals surface area contributed by atoms with Gasteiger partial charge < -0.3 is 15.0 Å². The molecule has 2 aliphatic rings. The minimum atomic E-state index is -0.179. The summed E-state index contributed by atoms with van der Waals surface area (Å²) in [6.07, 6.45) is 3.61. The van der Waals surface area contributed by atoms with E-state index in [1.165, 1.54) is 33.0 Å². The summed E-state index contributed by atoms with van der Waals surface area (Å²) in [6, 6.07) is 0.995. The molecule has 116 valence electrons. The van der Waals surface area contributed by atoms with Crippen molar-refractivity contribution in [3.8, 4) is 0 Å². The summed E-state index contributed by atoms with van der Waals surface area (Å²) in [5.74, 6) is -0.143. The van der Waals surface area contributed by atoms with Gasteiger partial charge >= 0.3 is 5.97 Å². The van der Waals surface area contributed by atoms with E-state index in [0.29, 0.717) is 6.04 Å². The fraction of sp³-hybridized carbons (Fsp3) is 0.933. The van der Waals surface area contributed by atoms with Gasteiger partial charge in [0.1, 0.15) is 6.04 Å². The molecule has 1 aliphatic carbocycles. The number of piperazine rings is 1. The van der Waals surface area contributed by atoms with E-state index in [1.807, 2.05) is 0 Å². The molecule has 2 fully saturated rings. The second kappa shape index (κ2) is 7.38. The number of ether oxygens (including phenoxy) is 1. The van der Waals surface area contributed by atoms with Crippen molar-refractivity contribution in [3.63, 3.8) is 0 Å². The highest BCUT2D eigenvalue weighted by atomic mass is 16.5. The van der Waals surface area contributed by atoms with Gasteiger partial charge in [-0.2, -0.15) is 0 Å². The Morgan fingerprint density at radius 3 is 2.40 bits per heavy atom. The van der Waals surface area contributed by atoms with Crippen LogP contribution in [0.3, 0.4) is 0 Å². The zero-order valence-electron chi connectivity index (χ0n) is 13.1. The molecule has 0 aromatic heterocycles. The number of hydrogen-bond donors (Lipinski definition) is 1. The van der Waals surface area contributed by atoms with Gasteiger partial charge in [-0.15, -0.1) is 0 Å². The fourth-order valence-electron chi connectivity index (χ4n) is 2.92. The molecule has 5 nitrogen and oxygen atoms in total. The van der Waals surface area contributed by atoms with Crippen LogP contribution in [0.4, 0.5) is 0 Å². The van der Waals surface area contributed by atoms with Crippen LogP contribution >= 0.6 is 0 Å². The lowest BCUT2D eigenvalue weighted by molar-refractivity contribution is -0.143. The minimum Gasteiger partial charge on any atom is -0.468 e. The molecule has 1 heterocycles. The molecule has 0 bridgehead atoms. The molecule has 1 N–H and O–H groups in total. The normalized spacial score (nSPS) is 23.0. The van der Waals surface area contributed by atoms with E-state index in [-0.39, 0.29) is 12.0 Å². The highest BCUT2D eigenvalue weighted by Crippen LogP contribution is 2.27. The van der Waals surface area contributed by atoms with E-state index in [1.54, 1.807) is 0 Å². The maximum atomic E-state index is 11.8. The lowest BCUT2D eigenvalue weighted by atomic mass is 10.1. The van der Waals surface area contributed by atoms with E-state index < -0.39 is 0 Å². The molecule has 20 heavy (non-hydrogen) atoms.